The van der Waals surface area contributed by atoms with E-state index in [-0.39, 0.29) is 11.2 Å². The average Bonchev–Trinajstić information content (AvgIpc) is 2.63. The molecule has 0 saturated carbocycles. The van der Waals surface area contributed by atoms with Gasteiger partial charge in [0.05, 0.1) is 0 Å². The first-order chi connectivity index (χ1) is 7.90. The maximum Gasteiger partial charge on any atom is 0.326 e. The van der Waals surface area contributed by atoms with E-state index in [2.05, 4.69) is 10.6 Å². The smallest absolute Gasteiger partial charge is 0.326 e. The third-order valence-electron chi connectivity index (χ3n) is 2.31. The Balaban J connectivity index is 2.52. The standard InChI is InChI=1S/C10H16N2O4S/c1-5(2)3-6(9(14)15)11-8(13)7-4-17-10(16)12-7/h5-7H,3-4H2,1-2H3,(H,11,13)(H,12,16)(H,14,15)/t6-,7+/m1/s1. The lowest BCUT2D eigenvalue weighted by atomic mass is 10.0. The van der Waals surface area contributed by atoms with Crippen LogP contribution in [0.3, 0.4) is 0 Å². The first kappa shape index (κ1) is 13.8. The number of thioether (sulfide) groups is 1. The van der Waals surface area contributed by atoms with Crippen LogP contribution in [0.5, 0.6) is 0 Å². The molecule has 3 N–H and O–H groups in total. The summed E-state index contributed by atoms with van der Waals surface area (Å²) in [5, 5.41) is 13.6. The number of carboxylic acid groups (broad SMARTS) is 1. The molecule has 7 heteroatoms. The van der Waals surface area contributed by atoms with Gasteiger partial charge in [-0.1, -0.05) is 25.6 Å². The van der Waals surface area contributed by atoms with Crippen LogP contribution in [0.25, 0.3) is 0 Å². The van der Waals surface area contributed by atoms with Crippen molar-refractivity contribution >= 4 is 28.9 Å². The number of hydrogen-bond acceptors (Lipinski definition) is 4. The monoisotopic (exact) mass is 260 g/mol. The van der Waals surface area contributed by atoms with E-state index >= 15 is 0 Å². The van der Waals surface area contributed by atoms with Crippen molar-refractivity contribution in [3.63, 3.8) is 0 Å². The second-order valence-electron chi connectivity index (χ2n) is 4.32. The highest BCUT2D eigenvalue weighted by molar-refractivity contribution is 8.14. The molecular weight excluding hydrogens is 244 g/mol. The summed E-state index contributed by atoms with van der Waals surface area (Å²) in [5.41, 5.74) is 0. The molecule has 0 aromatic rings. The van der Waals surface area contributed by atoms with Crippen molar-refractivity contribution in [2.45, 2.75) is 32.4 Å². The molecule has 17 heavy (non-hydrogen) atoms. The van der Waals surface area contributed by atoms with E-state index in [1.165, 1.54) is 0 Å². The minimum Gasteiger partial charge on any atom is -0.480 e. The number of nitrogens with one attached hydrogen (secondary N) is 2. The molecule has 0 spiro atoms. The SMILES string of the molecule is CC(C)C[C@@H](NC(=O)[C@@H]1CSC(=O)N1)C(=O)O. The van der Waals surface area contributed by atoms with E-state index in [1.807, 2.05) is 13.8 Å². The van der Waals surface area contributed by atoms with Gasteiger partial charge in [-0.15, -0.1) is 0 Å². The largest absolute Gasteiger partial charge is 0.480 e. The molecule has 0 unspecified atom stereocenters. The molecule has 1 aliphatic rings. The third kappa shape index (κ3) is 4.26. The van der Waals surface area contributed by atoms with Gasteiger partial charge in [0, 0.05) is 5.75 Å². The zero-order chi connectivity index (χ0) is 13.0. The molecule has 0 aromatic heterocycles. The average molecular weight is 260 g/mol. The molecule has 1 heterocycles. The molecule has 1 rings (SSSR count). The Morgan fingerprint density at radius 2 is 2.24 bits per heavy atom. The molecule has 2 atom stereocenters. The quantitative estimate of drug-likeness (QED) is 0.666. The molecule has 96 valence electrons. The van der Waals surface area contributed by atoms with E-state index in [0.29, 0.717) is 12.2 Å². The molecule has 1 aliphatic heterocycles. The topological polar surface area (TPSA) is 95.5 Å². The van der Waals surface area contributed by atoms with E-state index in [1.54, 1.807) is 0 Å². The van der Waals surface area contributed by atoms with E-state index < -0.39 is 24.0 Å². The molecule has 0 bridgehead atoms. The second kappa shape index (κ2) is 5.90. The normalized spacial score (nSPS) is 21.1. The molecular formula is C10H16N2O4S. The van der Waals surface area contributed by atoms with Gasteiger partial charge in [-0.25, -0.2) is 4.79 Å². The van der Waals surface area contributed by atoms with Crippen molar-refractivity contribution in [3.05, 3.63) is 0 Å². The van der Waals surface area contributed by atoms with Gasteiger partial charge in [0.2, 0.25) is 5.91 Å². The van der Waals surface area contributed by atoms with Crippen molar-refractivity contribution in [2.24, 2.45) is 5.92 Å². The fourth-order valence-electron chi connectivity index (χ4n) is 1.49. The maximum atomic E-state index is 11.7. The van der Waals surface area contributed by atoms with E-state index in [9.17, 15) is 14.4 Å². The van der Waals surface area contributed by atoms with Crippen LogP contribution in [-0.2, 0) is 9.59 Å². The van der Waals surface area contributed by atoms with Gasteiger partial charge in [-0.2, -0.15) is 0 Å². The maximum absolute atomic E-state index is 11.7. The number of aliphatic carboxylic acids is 1. The van der Waals surface area contributed by atoms with Crippen LogP contribution in [-0.4, -0.2) is 40.1 Å². The highest BCUT2D eigenvalue weighted by atomic mass is 32.2. The van der Waals surface area contributed by atoms with Gasteiger partial charge < -0.3 is 15.7 Å². The summed E-state index contributed by atoms with van der Waals surface area (Å²) < 4.78 is 0. The van der Waals surface area contributed by atoms with Crippen LogP contribution in [0, 0.1) is 5.92 Å². The van der Waals surface area contributed by atoms with Gasteiger partial charge in [-0.3, -0.25) is 9.59 Å². The Labute approximate surface area is 104 Å². The number of hydrogen-bond donors (Lipinski definition) is 3. The molecule has 1 saturated heterocycles. The molecule has 1 fully saturated rings. The highest BCUT2D eigenvalue weighted by Gasteiger charge is 2.31. The fraction of sp³-hybridized carbons (Fsp3) is 0.700. The van der Waals surface area contributed by atoms with E-state index in [4.69, 9.17) is 5.11 Å². The molecule has 2 amide bonds. The van der Waals surface area contributed by atoms with Crippen molar-refractivity contribution < 1.29 is 19.5 Å². The minimum atomic E-state index is -1.05. The summed E-state index contributed by atoms with van der Waals surface area (Å²) in [6.07, 6.45) is 0.370. The van der Waals surface area contributed by atoms with Crippen molar-refractivity contribution in [2.75, 3.05) is 5.75 Å². The zero-order valence-electron chi connectivity index (χ0n) is 9.73. The Morgan fingerprint density at radius 1 is 1.59 bits per heavy atom. The first-order valence-corrected chi connectivity index (χ1v) is 6.35. The Morgan fingerprint density at radius 3 is 2.65 bits per heavy atom. The van der Waals surface area contributed by atoms with Gasteiger partial charge in [0.25, 0.3) is 5.24 Å². The van der Waals surface area contributed by atoms with Crippen molar-refractivity contribution in [1.29, 1.82) is 0 Å². The lowest BCUT2D eigenvalue weighted by Gasteiger charge is -2.18. The summed E-state index contributed by atoms with van der Waals surface area (Å²) in [4.78, 5) is 33.5. The highest BCUT2D eigenvalue weighted by Crippen LogP contribution is 2.13. The summed E-state index contributed by atoms with van der Waals surface area (Å²) in [6.45, 7) is 3.77. The van der Waals surface area contributed by atoms with Gasteiger partial charge in [0.15, 0.2) is 0 Å². The minimum absolute atomic E-state index is 0.170. The summed E-state index contributed by atoms with van der Waals surface area (Å²) in [7, 11) is 0. The number of carboxylic acids is 1. The fourth-order valence-corrected chi connectivity index (χ4v) is 2.27. The molecule has 6 nitrogen and oxygen atoms in total. The summed E-state index contributed by atoms with van der Waals surface area (Å²) in [5.74, 6) is -0.969. The predicted octanol–water partition coefficient (Wildman–Crippen LogP) is 0.427. The van der Waals surface area contributed by atoms with Crippen LogP contribution < -0.4 is 10.6 Å². The molecule has 0 aliphatic carbocycles. The summed E-state index contributed by atoms with van der Waals surface area (Å²) in [6, 6.07) is -1.52. The van der Waals surface area contributed by atoms with Gasteiger partial charge in [-0.05, 0) is 12.3 Å². The van der Waals surface area contributed by atoms with Crippen molar-refractivity contribution in [1.82, 2.24) is 10.6 Å². The van der Waals surface area contributed by atoms with E-state index in [0.717, 1.165) is 11.8 Å². The second-order valence-corrected chi connectivity index (χ2v) is 5.32. The Hall–Kier alpha value is -1.24. The number of carbonyl (C=O) groups is 3. The number of carbonyl (C=O) groups excluding carboxylic acids is 2. The zero-order valence-corrected chi connectivity index (χ0v) is 10.5. The predicted molar refractivity (Wildman–Crippen MR) is 63.8 cm³/mol. The molecule has 0 aromatic carbocycles. The summed E-state index contributed by atoms with van der Waals surface area (Å²) >= 11 is 1.02. The lowest BCUT2D eigenvalue weighted by Crippen LogP contribution is -2.49. The van der Waals surface area contributed by atoms with Gasteiger partial charge in [0.1, 0.15) is 12.1 Å². The van der Waals surface area contributed by atoms with Gasteiger partial charge >= 0.3 is 5.97 Å². The Bertz CT molecular complexity index is 332. The first-order valence-electron chi connectivity index (χ1n) is 5.36. The number of rotatable bonds is 5. The number of amides is 2. The van der Waals surface area contributed by atoms with Crippen LogP contribution in [0.2, 0.25) is 0 Å². The lowest BCUT2D eigenvalue weighted by molar-refractivity contribution is -0.142. The third-order valence-corrected chi connectivity index (χ3v) is 3.19. The Kier molecular flexibility index (Phi) is 4.80. The van der Waals surface area contributed by atoms with Crippen LogP contribution in [0.15, 0.2) is 0 Å². The van der Waals surface area contributed by atoms with Crippen LogP contribution in [0.4, 0.5) is 4.79 Å². The van der Waals surface area contributed by atoms with Crippen LogP contribution in [0.1, 0.15) is 20.3 Å². The van der Waals surface area contributed by atoms with Crippen molar-refractivity contribution in [3.8, 4) is 0 Å². The van der Waals surface area contributed by atoms with Crippen LogP contribution >= 0.6 is 11.8 Å². The molecule has 0 radical (unpaired) electrons.